The van der Waals surface area contributed by atoms with Crippen molar-refractivity contribution >= 4 is 5.91 Å². The lowest BCUT2D eigenvalue weighted by Gasteiger charge is -2.41. The average Bonchev–Trinajstić information content (AvgIpc) is 3.46. The Morgan fingerprint density at radius 2 is 1.91 bits per heavy atom. The molecule has 34 heavy (non-hydrogen) atoms. The molecule has 0 unspecified atom stereocenters. The number of imidazole rings is 1. The Morgan fingerprint density at radius 3 is 2.65 bits per heavy atom. The van der Waals surface area contributed by atoms with Gasteiger partial charge in [0.25, 0.3) is 5.91 Å². The number of likely N-dealkylation sites (tertiary alicyclic amines) is 1. The van der Waals surface area contributed by atoms with Gasteiger partial charge < -0.3 is 14.4 Å². The second kappa shape index (κ2) is 7.72. The summed E-state index contributed by atoms with van der Waals surface area (Å²) < 4.78 is 4.28. The van der Waals surface area contributed by atoms with E-state index < -0.39 is 0 Å². The number of fused-ring (bicyclic) bond motifs is 5. The van der Waals surface area contributed by atoms with Crippen LogP contribution in [0.25, 0.3) is 28.3 Å². The molecule has 0 aliphatic carbocycles. The van der Waals surface area contributed by atoms with Crippen LogP contribution >= 0.6 is 0 Å². The highest BCUT2D eigenvalue weighted by Gasteiger charge is 2.31. The Kier molecular flexibility index (Phi) is 4.64. The number of hydrogen-bond donors (Lipinski definition) is 0. The quantitative estimate of drug-likeness (QED) is 0.423. The Hall–Kier alpha value is -4.15. The molecule has 0 bridgehead atoms. The number of carbonyl (C=O) groups excluding carboxylic acids is 1. The van der Waals surface area contributed by atoms with Crippen molar-refractivity contribution < 1.29 is 4.79 Å². The van der Waals surface area contributed by atoms with E-state index in [4.69, 9.17) is 5.26 Å². The maximum absolute atomic E-state index is 13.2. The predicted octanol–water partition coefficient (Wildman–Crippen LogP) is 3.63. The summed E-state index contributed by atoms with van der Waals surface area (Å²) in [5.74, 6) is 0.925. The minimum Gasteiger partial charge on any atom is -0.340 e. The lowest BCUT2D eigenvalue weighted by atomic mass is 10.0. The van der Waals surface area contributed by atoms with Gasteiger partial charge in [-0.25, -0.2) is 4.98 Å². The Bertz CT molecular complexity index is 1450. The van der Waals surface area contributed by atoms with Crippen LogP contribution in [0.2, 0.25) is 0 Å². The van der Waals surface area contributed by atoms with E-state index in [1.807, 2.05) is 66.8 Å². The Balaban J connectivity index is 1.38. The van der Waals surface area contributed by atoms with E-state index in [1.54, 1.807) is 0 Å². The molecule has 1 fully saturated rings. The number of likely N-dealkylation sites (N-methyl/N-ethyl adjacent to an activating group) is 2. The lowest BCUT2D eigenvalue weighted by molar-refractivity contribution is 0.0460. The fraction of sp³-hybridized carbons (Fsp3) is 0.222. The first kappa shape index (κ1) is 20.5. The summed E-state index contributed by atoms with van der Waals surface area (Å²) in [5, 5.41) is 9.10. The van der Waals surface area contributed by atoms with Crippen molar-refractivity contribution in [3.63, 3.8) is 0 Å². The normalized spacial score (nSPS) is 14.9. The molecule has 2 aromatic heterocycles. The van der Waals surface area contributed by atoms with E-state index in [2.05, 4.69) is 44.4 Å². The van der Waals surface area contributed by atoms with Gasteiger partial charge in [0.2, 0.25) is 0 Å². The van der Waals surface area contributed by atoms with Crippen LogP contribution in [-0.2, 0) is 6.54 Å². The van der Waals surface area contributed by atoms with E-state index in [0.29, 0.717) is 17.7 Å². The van der Waals surface area contributed by atoms with Gasteiger partial charge in [0.1, 0.15) is 0 Å². The van der Waals surface area contributed by atoms with Gasteiger partial charge in [-0.3, -0.25) is 9.36 Å². The number of hydrogen-bond acceptors (Lipinski definition) is 4. The molecule has 0 atom stereocenters. The van der Waals surface area contributed by atoms with Crippen LogP contribution in [-0.4, -0.2) is 63.1 Å². The van der Waals surface area contributed by atoms with Crippen LogP contribution in [0, 0.1) is 11.3 Å². The molecule has 0 radical (unpaired) electrons. The summed E-state index contributed by atoms with van der Waals surface area (Å²) in [5.41, 5.74) is 6.60. The van der Waals surface area contributed by atoms with Crippen molar-refractivity contribution in [1.82, 2.24) is 23.9 Å². The number of nitriles is 1. The fourth-order valence-corrected chi connectivity index (χ4v) is 4.96. The summed E-state index contributed by atoms with van der Waals surface area (Å²) in [6.07, 6.45) is 5.90. The number of nitrogens with zero attached hydrogens (tertiary/aromatic N) is 6. The third-order valence-electron chi connectivity index (χ3n) is 6.95. The first-order valence-electron chi connectivity index (χ1n) is 11.4. The molecule has 4 aromatic rings. The number of amides is 1. The molecule has 1 amide bonds. The highest BCUT2D eigenvalue weighted by atomic mass is 16.2. The maximum Gasteiger partial charge on any atom is 0.253 e. The third kappa shape index (κ3) is 3.23. The van der Waals surface area contributed by atoms with Gasteiger partial charge in [-0.15, -0.1) is 0 Å². The average molecular weight is 449 g/mol. The van der Waals surface area contributed by atoms with Crippen LogP contribution in [0.4, 0.5) is 0 Å². The van der Waals surface area contributed by atoms with Gasteiger partial charge in [-0.1, -0.05) is 12.1 Å². The van der Waals surface area contributed by atoms with Gasteiger partial charge in [0.15, 0.2) is 5.82 Å². The fourth-order valence-electron chi connectivity index (χ4n) is 4.96. The molecule has 2 aliphatic heterocycles. The minimum absolute atomic E-state index is 0.0574. The van der Waals surface area contributed by atoms with Gasteiger partial charge in [-0.2, -0.15) is 5.26 Å². The molecule has 2 aliphatic rings. The lowest BCUT2D eigenvalue weighted by Crippen LogP contribution is -2.58. The second-order valence-corrected chi connectivity index (χ2v) is 9.19. The topological polar surface area (TPSA) is 70.1 Å². The zero-order chi connectivity index (χ0) is 23.4. The molecular weight excluding hydrogens is 424 g/mol. The van der Waals surface area contributed by atoms with Crippen LogP contribution < -0.4 is 0 Å². The van der Waals surface area contributed by atoms with Gasteiger partial charge >= 0.3 is 0 Å². The highest BCUT2D eigenvalue weighted by molar-refractivity contribution is 5.95. The Labute approximate surface area is 198 Å². The molecular formula is C27H24N6O. The van der Waals surface area contributed by atoms with Crippen molar-refractivity contribution in [2.24, 2.45) is 0 Å². The molecule has 0 saturated carbocycles. The summed E-state index contributed by atoms with van der Waals surface area (Å²) in [4.78, 5) is 21.9. The van der Waals surface area contributed by atoms with Crippen molar-refractivity contribution in [3.8, 4) is 34.4 Å². The van der Waals surface area contributed by atoms with Gasteiger partial charge in [-0.05, 0) is 54.6 Å². The van der Waals surface area contributed by atoms with E-state index >= 15 is 0 Å². The number of benzene rings is 2. The standard InChI is InChI=1S/C27H24N6O/c1-30-16-23(17-30)31(2)27(34)20-7-8-24-22(11-20)15-32-14-21(19-5-3-18(13-28)4-6-19)12-25(32)26-29-9-10-33(24)26/h3-12,14,23H,15-17H2,1-2H3. The van der Waals surface area contributed by atoms with Crippen molar-refractivity contribution in [3.05, 3.63) is 83.8 Å². The van der Waals surface area contributed by atoms with Crippen molar-refractivity contribution in [1.29, 1.82) is 5.26 Å². The number of carbonyl (C=O) groups is 1. The van der Waals surface area contributed by atoms with Gasteiger partial charge in [0.05, 0.1) is 29.1 Å². The number of aromatic nitrogens is 3. The molecule has 1 saturated heterocycles. The van der Waals surface area contributed by atoms with Crippen molar-refractivity contribution in [2.45, 2.75) is 12.6 Å². The molecule has 0 N–H and O–H groups in total. The molecule has 2 aromatic carbocycles. The third-order valence-corrected chi connectivity index (χ3v) is 6.95. The summed E-state index contributed by atoms with van der Waals surface area (Å²) in [6.45, 7) is 2.47. The predicted molar refractivity (Wildman–Crippen MR) is 130 cm³/mol. The molecule has 168 valence electrons. The molecule has 0 spiro atoms. The zero-order valence-corrected chi connectivity index (χ0v) is 19.1. The number of rotatable bonds is 3. The summed E-state index contributed by atoms with van der Waals surface area (Å²) in [7, 11) is 3.97. The maximum atomic E-state index is 13.2. The van der Waals surface area contributed by atoms with E-state index in [1.165, 1.54) is 0 Å². The summed E-state index contributed by atoms with van der Waals surface area (Å²) >= 11 is 0. The highest BCUT2D eigenvalue weighted by Crippen LogP contribution is 2.34. The minimum atomic E-state index is 0.0574. The zero-order valence-electron chi connectivity index (χ0n) is 19.1. The van der Waals surface area contributed by atoms with Gasteiger partial charge in [0, 0.05) is 56.4 Å². The first-order chi connectivity index (χ1) is 16.5. The Morgan fingerprint density at radius 1 is 1.12 bits per heavy atom. The van der Waals surface area contributed by atoms with E-state index in [9.17, 15) is 4.79 Å². The van der Waals surface area contributed by atoms with E-state index in [-0.39, 0.29) is 11.9 Å². The van der Waals surface area contributed by atoms with Crippen LogP contribution in [0.5, 0.6) is 0 Å². The smallest absolute Gasteiger partial charge is 0.253 e. The second-order valence-electron chi connectivity index (χ2n) is 9.19. The van der Waals surface area contributed by atoms with Crippen LogP contribution in [0.3, 0.4) is 0 Å². The van der Waals surface area contributed by atoms with Crippen LogP contribution in [0.1, 0.15) is 21.5 Å². The first-order valence-corrected chi connectivity index (χ1v) is 11.4. The molecule has 7 nitrogen and oxygen atoms in total. The monoisotopic (exact) mass is 448 g/mol. The summed E-state index contributed by atoms with van der Waals surface area (Å²) in [6, 6.07) is 18.2. The largest absolute Gasteiger partial charge is 0.340 e. The van der Waals surface area contributed by atoms with Crippen molar-refractivity contribution in [2.75, 3.05) is 27.2 Å². The van der Waals surface area contributed by atoms with E-state index in [0.717, 1.165) is 47.0 Å². The molecule has 4 heterocycles. The molecule has 6 rings (SSSR count). The molecule has 7 heteroatoms. The van der Waals surface area contributed by atoms with Crippen LogP contribution in [0.15, 0.2) is 67.1 Å². The SMILES string of the molecule is CN1CC(N(C)C(=O)c2ccc3c(c2)Cn2cc(-c4ccc(C#N)cc4)cc2-c2nccn2-3)C1.